The fourth-order valence-electron chi connectivity index (χ4n) is 5.34. The van der Waals surface area contributed by atoms with Crippen molar-refractivity contribution in [2.75, 3.05) is 18.5 Å². The van der Waals surface area contributed by atoms with Crippen molar-refractivity contribution in [3.05, 3.63) is 64.7 Å². The van der Waals surface area contributed by atoms with Gasteiger partial charge in [0.2, 0.25) is 11.8 Å². The molecule has 2 aliphatic heterocycles. The Bertz CT molecular complexity index is 1180. The maximum absolute atomic E-state index is 13.2. The molecule has 4 amide bonds. The zero-order valence-corrected chi connectivity index (χ0v) is 18.6. The highest BCUT2D eigenvalue weighted by Crippen LogP contribution is 2.39. The number of likely N-dealkylation sites (N-methyl/N-ethyl adjacent to an activating group) is 2. The van der Waals surface area contributed by atoms with Gasteiger partial charge in [0.15, 0.2) is 0 Å². The Morgan fingerprint density at radius 1 is 1.06 bits per heavy atom. The molecule has 170 valence electrons. The number of hydrogen-bond donors (Lipinski definition) is 2. The summed E-state index contributed by atoms with van der Waals surface area (Å²) in [5.41, 5.74) is 3.96. The lowest BCUT2D eigenvalue weighted by Gasteiger charge is -2.33. The highest BCUT2D eigenvalue weighted by atomic mass is 16.2. The molecular formula is C25H26N4O4. The molecule has 1 fully saturated rings. The van der Waals surface area contributed by atoms with Crippen LogP contribution in [0.3, 0.4) is 0 Å². The summed E-state index contributed by atoms with van der Waals surface area (Å²) in [6.07, 6.45) is 1.17. The third-order valence-corrected chi connectivity index (χ3v) is 6.91. The van der Waals surface area contributed by atoms with Gasteiger partial charge in [-0.15, -0.1) is 0 Å². The van der Waals surface area contributed by atoms with Crippen molar-refractivity contribution in [1.29, 1.82) is 0 Å². The fourth-order valence-corrected chi connectivity index (χ4v) is 5.34. The molecule has 0 radical (unpaired) electrons. The van der Waals surface area contributed by atoms with E-state index < -0.39 is 23.8 Å². The van der Waals surface area contributed by atoms with Crippen LogP contribution in [-0.4, -0.2) is 54.2 Å². The van der Waals surface area contributed by atoms with Crippen LogP contribution < -0.4 is 15.5 Å². The zero-order valence-electron chi connectivity index (χ0n) is 18.6. The average molecular weight is 447 g/mol. The Morgan fingerprint density at radius 3 is 2.58 bits per heavy atom. The lowest BCUT2D eigenvalue weighted by Crippen LogP contribution is -2.54. The largest absolute Gasteiger partial charge is 0.366 e. The lowest BCUT2D eigenvalue weighted by molar-refractivity contribution is -0.136. The molecule has 3 atom stereocenters. The molecule has 2 N–H and O–H groups in total. The molecule has 2 heterocycles. The second kappa shape index (κ2) is 8.12. The maximum atomic E-state index is 13.2. The predicted molar refractivity (Wildman–Crippen MR) is 122 cm³/mol. The predicted octanol–water partition coefficient (Wildman–Crippen LogP) is 1.80. The standard InChI is InChI=1S/C25H26N4O4/c1-3-26-19-12-14-6-4-5-7-16(14)22(19)28(2)15-8-9-17-18(13-15)25(33)29(24(17)32)20-10-11-21(30)27-23(20)31/h4-9,13,19-20,22,26H,3,10-12H2,1-2H3,(H,27,30,31)/t19-,20?,22-/m1/s1. The van der Waals surface area contributed by atoms with Gasteiger partial charge >= 0.3 is 0 Å². The summed E-state index contributed by atoms with van der Waals surface area (Å²) in [6.45, 7) is 2.93. The quantitative estimate of drug-likeness (QED) is 0.680. The van der Waals surface area contributed by atoms with Crippen LogP contribution in [0, 0.1) is 0 Å². The summed E-state index contributed by atoms with van der Waals surface area (Å²) < 4.78 is 0. The Kier molecular flexibility index (Phi) is 5.25. The first-order valence-electron chi connectivity index (χ1n) is 11.3. The van der Waals surface area contributed by atoms with E-state index in [0.717, 1.165) is 23.6 Å². The fraction of sp³-hybridized carbons (Fsp3) is 0.360. The lowest BCUT2D eigenvalue weighted by atomic mass is 10.0. The van der Waals surface area contributed by atoms with Crippen LogP contribution in [0.25, 0.3) is 0 Å². The monoisotopic (exact) mass is 446 g/mol. The molecule has 5 rings (SSSR count). The minimum atomic E-state index is -0.962. The van der Waals surface area contributed by atoms with Crippen LogP contribution in [0.4, 0.5) is 5.69 Å². The number of nitrogens with one attached hydrogen (secondary N) is 2. The van der Waals surface area contributed by atoms with Crippen LogP contribution in [0.2, 0.25) is 0 Å². The first kappa shape index (κ1) is 21.3. The molecule has 0 spiro atoms. The summed E-state index contributed by atoms with van der Waals surface area (Å²) in [7, 11) is 2.00. The summed E-state index contributed by atoms with van der Waals surface area (Å²) >= 11 is 0. The van der Waals surface area contributed by atoms with Crippen molar-refractivity contribution in [2.24, 2.45) is 0 Å². The van der Waals surface area contributed by atoms with Crippen LogP contribution >= 0.6 is 0 Å². The molecule has 33 heavy (non-hydrogen) atoms. The number of amides is 4. The number of benzene rings is 2. The van der Waals surface area contributed by atoms with Crippen molar-refractivity contribution in [3.8, 4) is 0 Å². The molecule has 8 nitrogen and oxygen atoms in total. The van der Waals surface area contributed by atoms with Gasteiger partial charge in [0.1, 0.15) is 6.04 Å². The van der Waals surface area contributed by atoms with Gasteiger partial charge in [-0.25, -0.2) is 0 Å². The second-order valence-electron chi connectivity index (χ2n) is 8.80. The van der Waals surface area contributed by atoms with Gasteiger partial charge in [-0.3, -0.25) is 29.4 Å². The van der Waals surface area contributed by atoms with Crippen molar-refractivity contribution in [1.82, 2.24) is 15.5 Å². The molecule has 0 aromatic heterocycles. The van der Waals surface area contributed by atoms with Crippen molar-refractivity contribution >= 4 is 29.3 Å². The van der Waals surface area contributed by atoms with Crippen LogP contribution in [0.15, 0.2) is 42.5 Å². The molecule has 1 saturated heterocycles. The molecule has 2 aromatic carbocycles. The number of rotatable bonds is 5. The molecule has 2 aromatic rings. The van der Waals surface area contributed by atoms with E-state index in [1.54, 1.807) is 12.1 Å². The highest BCUT2D eigenvalue weighted by molar-refractivity contribution is 6.23. The molecule has 1 unspecified atom stereocenters. The first-order chi connectivity index (χ1) is 15.9. The number of carbonyl (C=O) groups is 4. The van der Waals surface area contributed by atoms with Crippen molar-refractivity contribution < 1.29 is 19.2 Å². The summed E-state index contributed by atoms with van der Waals surface area (Å²) in [5, 5.41) is 5.80. The third-order valence-electron chi connectivity index (χ3n) is 6.91. The molecule has 0 bridgehead atoms. The van der Waals surface area contributed by atoms with Gasteiger partial charge in [0.05, 0.1) is 17.2 Å². The SMILES string of the molecule is CCN[C@@H]1Cc2ccccc2[C@H]1N(C)c1ccc2c(c1)C(=O)N(C1CCC(=O)NC1=O)C2=O. The van der Waals surface area contributed by atoms with Gasteiger partial charge in [-0.1, -0.05) is 31.2 Å². The molecule has 8 heteroatoms. The first-order valence-corrected chi connectivity index (χ1v) is 11.3. The van der Waals surface area contributed by atoms with Gasteiger partial charge in [-0.2, -0.15) is 0 Å². The Hall–Kier alpha value is -3.52. The summed E-state index contributed by atoms with van der Waals surface area (Å²) in [5.74, 6) is -1.97. The van der Waals surface area contributed by atoms with E-state index in [4.69, 9.17) is 0 Å². The number of hydrogen-bond acceptors (Lipinski definition) is 6. The highest BCUT2D eigenvalue weighted by Gasteiger charge is 2.45. The number of imide groups is 2. The minimum absolute atomic E-state index is 0.0812. The van der Waals surface area contributed by atoms with Gasteiger partial charge < -0.3 is 10.2 Å². The van der Waals surface area contributed by atoms with Crippen LogP contribution in [-0.2, 0) is 16.0 Å². The van der Waals surface area contributed by atoms with E-state index in [1.807, 2.05) is 25.2 Å². The zero-order chi connectivity index (χ0) is 23.3. The number of nitrogens with zero attached hydrogens (tertiary/aromatic N) is 2. The van der Waals surface area contributed by atoms with E-state index in [2.05, 4.69) is 34.6 Å². The molecular weight excluding hydrogens is 420 g/mol. The van der Waals surface area contributed by atoms with Gasteiger partial charge in [0, 0.05) is 25.2 Å². The van der Waals surface area contributed by atoms with E-state index in [9.17, 15) is 19.2 Å². The topological polar surface area (TPSA) is 98.8 Å². The number of anilines is 1. The van der Waals surface area contributed by atoms with Crippen molar-refractivity contribution in [3.63, 3.8) is 0 Å². The third kappa shape index (κ3) is 3.41. The van der Waals surface area contributed by atoms with E-state index in [1.165, 1.54) is 11.1 Å². The number of piperidine rings is 1. The number of carbonyl (C=O) groups excluding carboxylic acids is 4. The second-order valence-corrected chi connectivity index (χ2v) is 8.80. The average Bonchev–Trinajstić information content (AvgIpc) is 3.28. The van der Waals surface area contributed by atoms with E-state index in [0.29, 0.717) is 5.56 Å². The van der Waals surface area contributed by atoms with Crippen LogP contribution in [0.1, 0.15) is 57.7 Å². The number of fused-ring (bicyclic) bond motifs is 2. The summed E-state index contributed by atoms with van der Waals surface area (Å²) in [6, 6.07) is 13.0. The maximum Gasteiger partial charge on any atom is 0.262 e. The van der Waals surface area contributed by atoms with Gasteiger partial charge in [0.25, 0.3) is 11.8 Å². The van der Waals surface area contributed by atoms with Gasteiger partial charge in [-0.05, 0) is 48.7 Å². The van der Waals surface area contributed by atoms with Crippen LogP contribution in [0.5, 0.6) is 0 Å². The molecule has 3 aliphatic rings. The Balaban J connectivity index is 1.46. The Labute approximate surface area is 191 Å². The normalized spacial score (nSPS) is 24.1. The molecule has 0 saturated carbocycles. The van der Waals surface area contributed by atoms with E-state index in [-0.39, 0.29) is 36.4 Å². The summed E-state index contributed by atoms with van der Waals surface area (Å²) in [4.78, 5) is 53.1. The smallest absolute Gasteiger partial charge is 0.262 e. The van der Waals surface area contributed by atoms with Crippen molar-refractivity contribution in [2.45, 2.75) is 44.3 Å². The molecule has 1 aliphatic carbocycles. The van der Waals surface area contributed by atoms with E-state index >= 15 is 0 Å². The minimum Gasteiger partial charge on any atom is -0.366 e. The Morgan fingerprint density at radius 2 is 1.82 bits per heavy atom.